The number of nitrogens with zero attached hydrogens (tertiary/aromatic N) is 1. The number of rotatable bonds is 8. The third kappa shape index (κ3) is 6.75. The second-order valence-corrected chi connectivity index (χ2v) is 4.92. The molecule has 0 aliphatic rings. The third-order valence-corrected chi connectivity index (χ3v) is 3.13. The Hall–Kier alpha value is -1.30. The molecule has 0 saturated heterocycles. The molecule has 0 aromatic heterocycles. The molecule has 1 rings (SSSR count). The van der Waals surface area contributed by atoms with Crippen molar-refractivity contribution in [1.29, 1.82) is 0 Å². The highest BCUT2D eigenvalue weighted by Crippen LogP contribution is 2.19. The first kappa shape index (κ1) is 16.8. The number of methoxy groups -OCH3 is 1. The van der Waals surface area contributed by atoms with Crippen LogP contribution in [0, 0.1) is 0 Å². The zero-order valence-electron chi connectivity index (χ0n) is 12.0. The van der Waals surface area contributed by atoms with Crippen LogP contribution in [0.4, 0.5) is 10.5 Å². The molecular weight excluding hydrogens is 278 g/mol. The van der Waals surface area contributed by atoms with E-state index in [2.05, 4.69) is 15.5 Å². The van der Waals surface area contributed by atoms with Crippen LogP contribution in [0.25, 0.3) is 0 Å². The van der Waals surface area contributed by atoms with E-state index in [1.54, 1.807) is 19.2 Å². The fraction of sp³-hybridized carbons (Fsp3) is 0.500. The Morgan fingerprint density at radius 3 is 2.80 bits per heavy atom. The van der Waals surface area contributed by atoms with Gasteiger partial charge >= 0.3 is 6.03 Å². The molecule has 2 amide bonds. The van der Waals surface area contributed by atoms with Gasteiger partial charge in [0.25, 0.3) is 0 Å². The molecule has 0 aliphatic carbocycles. The second kappa shape index (κ2) is 9.58. The van der Waals surface area contributed by atoms with Crippen molar-refractivity contribution in [2.45, 2.75) is 6.42 Å². The number of amides is 2. The summed E-state index contributed by atoms with van der Waals surface area (Å²) >= 11 is 5.96. The van der Waals surface area contributed by atoms with Crippen molar-refractivity contribution in [2.24, 2.45) is 0 Å². The zero-order valence-corrected chi connectivity index (χ0v) is 12.7. The quantitative estimate of drug-likeness (QED) is 0.725. The number of carbonyl (C=O) groups excluding carboxylic acids is 1. The topological polar surface area (TPSA) is 53.6 Å². The number of hydrogen-bond acceptors (Lipinski definition) is 3. The summed E-state index contributed by atoms with van der Waals surface area (Å²) in [6, 6.07) is 6.91. The lowest BCUT2D eigenvalue weighted by atomic mass is 10.3. The van der Waals surface area contributed by atoms with Crippen molar-refractivity contribution < 1.29 is 9.53 Å². The summed E-state index contributed by atoms with van der Waals surface area (Å²) in [7, 11) is 3.72. The van der Waals surface area contributed by atoms with E-state index in [9.17, 15) is 4.79 Å². The van der Waals surface area contributed by atoms with E-state index in [4.69, 9.17) is 16.3 Å². The standard InChI is InChI=1S/C14H22ClN3O2/c1-18(10-11-20-2)9-5-8-16-14(19)17-13-7-4-3-6-12(13)15/h3-4,6-7H,5,8-11H2,1-2H3,(H2,16,17,19). The normalized spacial score (nSPS) is 10.6. The van der Waals surface area contributed by atoms with E-state index < -0.39 is 0 Å². The maximum absolute atomic E-state index is 11.7. The largest absolute Gasteiger partial charge is 0.383 e. The number of hydrogen-bond donors (Lipinski definition) is 2. The van der Waals surface area contributed by atoms with E-state index in [1.807, 2.05) is 19.2 Å². The Morgan fingerprint density at radius 1 is 1.35 bits per heavy atom. The monoisotopic (exact) mass is 299 g/mol. The number of likely N-dealkylation sites (N-methyl/N-ethyl adjacent to an activating group) is 1. The molecule has 0 aliphatic heterocycles. The summed E-state index contributed by atoms with van der Waals surface area (Å²) in [5.74, 6) is 0. The van der Waals surface area contributed by atoms with Crippen molar-refractivity contribution >= 4 is 23.3 Å². The average molecular weight is 300 g/mol. The molecule has 5 nitrogen and oxygen atoms in total. The Morgan fingerprint density at radius 2 is 2.10 bits per heavy atom. The molecule has 0 saturated carbocycles. The smallest absolute Gasteiger partial charge is 0.319 e. The SMILES string of the molecule is COCCN(C)CCCNC(=O)Nc1ccccc1Cl. The van der Waals surface area contributed by atoms with Gasteiger partial charge in [-0.05, 0) is 32.1 Å². The number of nitrogens with one attached hydrogen (secondary N) is 2. The zero-order chi connectivity index (χ0) is 14.8. The van der Waals surface area contributed by atoms with Crippen LogP contribution in [0.3, 0.4) is 0 Å². The van der Waals surface area contributed by atoms with Crippen molar-refractivity contribution in [3.05, 3.63) is 29.3 Å². The minimum atomic E-state index is -0.238. The van der Waals surface area contributed by atoms with Crippen LogP contribution in [0.1, 0.15) is 6.42 Å². The van der Waals surface area contributed by atoms with Crippen LogP contribution in [0.15, 0.2) is 24.3 Å². The highest BCUT2D eigenvalue weighted by Gasteiger charge is 2.04. The van der Waals surface area contributed by atoms with Gasteiger partial charge in [0.2, 0.25) is 0 Å². The maximum atomic E-state index is 11.7. The van der Waals surface area contributed by atoms with Crippen LogP contribution in [0.5, 0.6) is 0 Å². The van der Waals surface area contributed by atoms with E-state index in [0.717, 1.165) is 26.1 Å². The molecule has 0 radical (unpaired) electrons. The lowest BCUT2D eigenvalue weighted by Gasteiger charge is -2.16. The number of halogens is 1. The second-order valence-electron chi connectivity index (χ2n) is 4.51. The predicted molar refractivity (Wildman–Crippen MR) is 82.5 cm³/mol. The fourth-order valence-electron chi connectivity index (χ4n) is 1.64. The van der Waals surface area contributed by atoms with Crippen molar-refractivity contribution in [1.82, 2.24) is 10.2 Å². The average Bonchev–Trinajstić information content (AvgIpc) is 2.44. The van der Waals surface area contributed by atoms with Gasteiger partial charge in [0, 0.05) is 20.2 Å². The van der Waals surface area contributed by atoms with Crippen LogP contribution in [-0.4, -0.2) is 51.3 Å². The summed E-state index contributed by atoms with van der Waals surface area (Å²) in [5, 5.41) is 6.05. The lowest BCUT2D eigenvalue weighted by molar-refractivity contribution is 0.160. The molecule has 6 heteroatoms. The Labute approximate surface area is 125 Å². The summed E-state index contributed by atoms with van der Waals surface area (Å²) < 4.78 is 5.00. The summed E-state index contributed by atoms with van der Waals surface area (Å²) in [5.41, 5.74) is 0.615. The first-order valence-corrected chi connectivity index (χ1v) is 6.98. The van der Waals surface area contributed by atoms with E-state index >= 15 is 0 Å². The summed E-state index contributed by atoms with van der Waals surface area (Å²) in [6.45, 7) is 3.14. The number of carbonyl (C=O) groups is 1. The highest BCUT2D eigenvalue weighted by atomic mass is 35.5. The van der Waals surface area contributed by atoms with Gasteiger partial charge in [0.1, 0.15) is 0 Å². The van der Waals surface area contributed by atoms with Crippen molar-refractivity contribution in [3.8, 4) is 0 Å². The number of para-hydroxylation sites is 1. The predicted octanol–water partition coefficient (Wildman–Crippen LogP) is 2.43. The van der Waals surface area contributed by atoms with Gasteiger partial charge in [-0.3, -0.25) is 0 Å². The molecule has 20 heavy (non-hydrogen) atoms. The van der Waals surface area contributed by atoms with E-state index in [0.29, 0.717) is 17.3 Å². The molecule has 2 N–H and O–H groups in total. The van der Waals surface area contributed by atoms with Crippen LogP contribution in [0.2, 0.25) is 5.02 Å². The van der Waals surface area contributed by atoms with Gasteiger partial charge in [-0.25, -0.2) is 4.79 Å². The molecular formula is C14H22ClN3O2. The summed E-state index contributed by atoms with van der Waals surface area (Å²) in [4.78, 5) is 13.8. The molecule has 0 atom stereocenters. The van der Waals surface area contributed by atoms with Gasteiger partial charge in [-0.15, -0.1) is 0 Å². The minimum Gasteiger partial charge on any atom is -0.383 e. The van der Waals surface area contributed by atoms with Gasteiger partial charge < -0.3 is 20.3 Å². The summed E-state index contributed by atoms with van der Waals surface area (Å²) in [6.07, 6.45) is 0.885. The molecule has 112 valence electrons. The Balaban J connectivity index is 2.16. The van der Waals surface area contributed by atoms with E-state index in [-0.39, 0.29) is 6.03 Å². The van der Waals surface area contributed by atoms with Gasteiger partial charge in [-0.1, -0.05) is 23.7 Å². The third-order valence-electron chi connectivity index (χ3n) is 2.80. The Bertz CT molecular complexity index is 415. The van der Waals surface area contributed by atoms with Gasteiger partial charge in [0.05, 0.1) is 17.3 Å². The molecule has 0 spiro atoms. The first-order chi connectivity index (χ1) is 9.63. The highest BCUT2D eigenvalue weighted by molar-refractivity contribution is 6.33. The van der Waals surface area contributed by atoms with E-state index in [1.165, 1.54) is 0 Å². The number of urea groups is 1. The van der Waals surface area contributed by atoms with Crippen LogP contribution < -0.4 is 10.6 Å². The number of ether oxygens (including phenoxy) is 1. The molecule has 0 fully saturated rings. The fourth-order valence-corrected chi connectivity index (χ4v) is 1.82. The van der Waals surface area contributed by atoms with Crippen molar-refractivity contribution in [3.63, 3.8) is 0 Å². The molecule has 1 aromatic rings. The van der Waals surface area contributed by atoms with Crippen LogP contribution in [-0.2, 0) is 4.74 Å². The molecule has 0 bridgehead atoms. The lowest BCUT2D eigenvalue weighted by Crippen LogP contribution is -2.32. The molecule has 0 unspecified atom stereocenters. The first-order valence-electron chi connectivity index (χ1n) is 6.60. The maximum Gasteiger partial charge on any atom is 0.319 e. The van der Waals surface area contributed by atoms with Gasteiger partial charge in [-0.2, -0.15) is 0 Å². The van der Waals surface area contributed by atoms with Crippen LogP contribution >= 0.6 is 11.6 Å². The van der Waals surface area contributed by atoms with Gasteiger partial charge in [0.15, 0.2) is 0 Å². The van der Waals surface area contributed by atoms with Crippen molar-refractivity contribution in [2.75, 3.05) is 45.7 Å². The number of anilines is 1. The minimum absolute atomic E-state index is 0.238. The Kier molecular flexibility index (Phi) is 8.02. The molecule has 0 heterocycles. The number of benzene rings is 1. The molecule has 1 aromatic carbocycles.